The maximum absolute atomic E-state index is 2.36. The molecule has 0 atom stereocenters. The van der Waals surface area contributed by atoms with Gasteiger partial charge < -0.3 is 0 Å². The summed E-state index contributed by atoms with van der Waals surface area (Å²) in [6, 6.07) is 15.8. The van der Waals surface area contributed by atoms with Gasteiger partial charge in [-0.25, -0.2) is 0 Å². The van der Waals surface area contributed by atoms with Crippen molar-refractivity contribution in [1.82, 2.24) is 0 Å². The first-order valence-corrected chi connectivity index (χ1v) is 6.63. The number of benzene rings is 2. The third-order valence-corrected chi connectivity index (χ3v) is 4.43. The van der Waals surface area contributed by atoms with E-state index >= 15 is 0 Å². The van der Waals surface area contributed by atoms with Crippen LogP contribution in [0.15, 0.2) is 42.5 Å². The van der Waals surface area contributed by atoms with Crippen molar-refractivity contribution in [3.63, 3.8) is 0 Å². The standard InChI is InChI=1S/C17H16/c1-2-8-15-13(5-1)11-17-14(12-6-3-7-12)9-4-10-16(15)17/h1-2,4-5,8-10,12H,3,6-7,11H2. The van der Waals surface area contributed by atoms with Crippen molar-refractivity contribution < 1.29 is 0 Å². The fourth-order valence-corrected chi connectivity index (χ4v) is 3.28. The molecule has 0 aromatic heterocycles. The Morgan fingerprint density at radius 2 is 1.65 bits per heavy atom. The van der Waals surface area contributed by atoms with E-state index in [1.165, 1.54) is 36.0 Å². The van der Waals surface area contributed by atoms with Gasteiger partial charge in [-0.15, -0.1) is 0 Å². The zero-order valence-electron chi connectivity index (χ0n) is 9.95. The highest BCUT2D eigenvalue weighted by Gasteiger charge is 2.26. The molecule has 0 N–H and O–H groups in total. The van der Waals surface area contributed by atoms with E-state index in [2.05, 4.69) is 42.5 Å². The number of hydrogen-bond donors (Lipinski definition) is 0. The minimum atomic E-state index is 0.847. The van der Waals surface area contributed by atoms with E-state index in [0.717, 1.165) is 12.3 Å². The summed E-state index contributed by atoms with van der Waals surface area (Å²) in [4.78, 5) is 0. The van der Waals surface area contributed by atoms with Gasteiger partial charge in [0.1, 0.15) is 0 Å². The number of fused-ring (bicyclic) bond motifs is 3. The topological polar surface area (TPSA) is 0 Å². The minimum absolute atomic E-state index is 0.847. The van der Waals surface area contributed by atoms with Crippen LogP contribution in [0.1, 0.15) is 41.9 Å². The predicted molar refractivity (Wildman–Crippen MR) is 71.3 cm³/mol. The Hall–Kier alpha value is -1.56. The fourth-order valence-electron chi connectivity index (χ4n) is 3.28. The molecule has 2 aliphatic rings. The van der Waals surface area contributed by atoms with Crippen LogP contribution >= 0.6 is 0 Å². The van der Waals surface area contributed by atoms with Crippen LogP contribution in [0.5, 0.6) is 0 Å². The van der Waals surface area contributed by atoms with E-state index in [0.29, 0.717) is 0 Å². The Kier molecular flexibility index (Phi) is 1.93. The van der Waals surface area contributed by atoms with Crippen LogP contribution in [0.25, 0.3) is 11.1 Å². The lowest BCUT2D eigenvalue weighted by Crippen LogP contribution is -2.10. The highest BCUT2D eigenvalue weighted by Crippen LogP contribution is 2.44. The van der Waals surface area contributed by atoms with Crippen molar-refractivity contribution in [3.8, 4) is 11.1 Å². The molecular weight excluding hydrogens is 204 g/mol. The summed E-state index contributed by atoms with van der Waals surface area (Å²) in [7, 11) is 0. The predicted octanol–water partition coefficient (Wildman–Crippen LogP) is 4.53. The van der Waals surface area contributed by atoms with Crippen LogP contribution in [-0.4, -0.2) is 0 Å². The summed E-state index contributed by atoms with van der Waals surface area (Å²) < 4.78 is 0. The molecular formula is C17H16. The van der Waals surface area contributed by atoms with Gasteiger partial charge in [0, 0.05) is 0 Å². The average Bonchev–Trinajstić information content (AvgIpc) is 2.67. The first kappa shape index (κ1) is 9.47. The molecule has 84 valence electrons. The minimum Gasteiger partial charge on any atom is -0.0619 e. The summed E-state index contributed by atoms with van der Waals surface area (Å²) in [5, 5.41) is 0. The van der Waals surface area contributed by atoms with E-state index in [1.807, 2.05) is 0 Å². The fraction of sp³-hybridized carbons (Fsp3) is 0.294. The molecule has 17 heavy (non-hydrogen) atoms. The number of rotatable bonds is 1. The number of hydrogen-bond acceptors (Lipinski definition) is 0. The van der Waals surface area contributed by atoms with Gasteiger partial charge in [-0.3, -0.25) is 0 Å². The lowest BCUT2D eigenvalue weighted by atomic mass is 9.77. The first-order valence-electron chi connectivity index (χ1n) is 6.63. The maximum Gasteiger partial charge on any atom is -0.00106 e. The molecule has 0 nitrogen and oxygen atoms in total. The summed E-state index contributed by atoms with van der Waals surface area (Å²) in [6.45, 7) is 0. The zero-order valence-corrected chi connectivity index (χ0v) is 9.95. The molecule has 4 rings (SSSR count). The van der Waals surface area contributed by atoms with E-state index in [9.17, 15) is 0 Å². The molecule has 2 aromatic rings. The van der Waals surface area contributed by atoms with Gasteiger partial charge in [-0.05, 0) is 53.0 Å². The van der Waals surface area contributed by atoms with Gasteiger partial charge in [0.15, 0.2) is 0 Å². The second kappa shape index (κ2) is 3.46. The van der Waals surface area contributed by atoms with Gasteiger partial charge in [0.05, 0.1) is 0 Å². The van der Waals surface area contributed by atoms with Gasteiger partial charge in [0.2, 0.25) is 0 Å². The Labute approximate surface area is 102 Å². The van der Waals surface area contributed by atoms with E-state index in [-0.39, 0.29) is 0 Å². The SMILES string of the molecule is c1ccc2c(c1)Cc1c-2cccc1C1CCC1. The van der Waals surface area contributed by atoms with Crippen molar-refractivity contribution >= 4 is 0 Å². The first-order chi connectivity index (χ1) is 8.43. The average molecular weight is 220 g/mol. The van der Waals surface area contributed by atoms with Gasteiger partial charge in [-0.2, -0.15) is 0 Å². The Bertz CT molecular complexity index is 576. The monoisotopic (exact) mass is 220 g/mol. The van der Waals surface area contributed by atoms with Gasteiger partial charge in [-0.1, -0.05) is 48.9 Å². The molecule has 0 spiro atoms. The van der Waals surface area contributed by atoms with Crippen molar-refractivity contribution in [2.45, 2.75) is 31.6 Å². The molecule has 0 aliphatic heterocycles. The highest BCUT2D eigenvalue weighted by molar-refractivity contribution is 5.78. The molecule has 0 heteroatoms. The smallest absolute Gasteiger partial charge is 0.00106 e. The van der Waals surface area contributed by atoms with Gasteiger partial charge >= 0.3 is 0 Å². The molecule has 0 radical (unpaired) electrons. The van der Waals surface area contributed by atoms with E-state index < -0.39 is 0 Å². The van der Waals surface area contributed by atoms with Crippen molar-refractivity contribution in [1.29, 1.82) is 0 Å². The summed E-state index contributed by atoms with van der Waals surface area (Å²) in [6.07, 6.45) is 5.36. The Balaban J connectivity index is 1.89. The second-order valence-corrected chi connectivity index (χ2v) is 5.34. The second-order valence-electron chi connectivity index (χ2n) is 5.34. The molecule has 1 saturated carbocycles. The molecule has 0 bridgehead atoms. The molecule has 0 heterocycles. The molecule has 0 amide bonds. The Morgan fingerprint density at radius 1 is 0.824 bits per heavy atom. The van der Waals surface area contributed by atoms with Crippen molar-refractivity contribution in [3.05, 3.63) is 59.2 Å². The molecule has 0 saturated heterocycles. The van der Waals surface area contributed by atoms with Crippen LogP contribution in [0, 0.1) is 0 Å². The summed E-state index contributed by atoms with van der Waals surface area (Å²) in [5.74, 6) is 0.847. The lowest BCUT2D eigenvalue weighted by molar-refractivity contribution is 0.418. The van der Waals surface area contributed by atoms with Crippen molar-refractivity contribution in [2.75, 3.05) is 0 Å². The van der Waals surface area contributed by atoms with Crippen LogP contribution in [-0.2, 0) is 6.42 Å². The van der Waals surface area contributed by atoms with Crippen LogP contribution in [0.3, 0.4) is 0 Å². The zero-order chi connectivity index (χ0) is 11.2. The molecule has 2 aromatic carbocycles. The van der Waals surface area contributed by atoms with Gasteiger partial charge in [0.25, 0.3) is 0 Å². The lowest BCUT2D eigenvalue weighted by Gasteiger charge is -2.27. The Morgan fingerprint density at radius 3 is 2.47 bits per heavy atom. The summed E-state index contributed by atoms with van der Waals surface area (Å²) in [5.41, 5.74) is 7.70. The normalized spacial score (nSPS) is 17.4. The largest absolute Gasteiger partial charge is 0.0619 e. The highest BCUT2D eigenvalue weighted by atomic mass is 14.3. The third kappa shape index (κ3) is 1.30. The van der Waals surface area contributed by atoms with Crippen LogP contribution in [0.2, 0.25) is 0 Å². The molecule has 2 aliphatic carbocycles. The van der Waals surface area contributed by atoms with Crippen LogP contribution in [0.4, 0.5) is 0 Å². The summed E-state index contributed by atoms with van der Waals surface area (Å²) >= 11 is 0. The molecule has 1 fully saturated rings. The third-order valence-electron chi connectivity index (χ3n) is 4.43. The van der Waals surface area contributed by atoms with E-state index in [1.54, 1.807) is 11.1 Å². The quantitative estimate of drug-likeness (QED) is 0.565. The van der Waals surface area contributed by atoms with Crippen LogP contribution < -0.4 is 0 Å². The van der Waals surface area contributed by atoms with E-state index in [4.69, 9.17) is 0 Å². The van der Waals surface area contributed by atoms with Crippen molar-refractivity contribution in [2.24, 2.45) is 0 Å². The molecule has 0 unspecified atom stereocenters. The maximum atomic E-state index is 2.36.